The van der Waals surface area contributed by atoms with E-state index in [4.69, 9.17) is 0 Å². The van der Waals surface area contributed by atoms with Crippen molar-refractivity contribution >= 4 is 11.8 Å². The van der Waals surface area contributed by atoms with Crippen molar-refractivity contribution in [2.75, 3.05) is 0 Å². The number of benzene rings is 1. The molecule has 2 aromatic rings. The van der Waals surface area contributed by atoms with Gasteiger partial charge in [0.05, 0.1) is 6.54 Å². The maximum atomic E-state index is 12.1. The van der Waals surface area contributed by atoms with E-state index in [1.54, 1.807) is 6.08 Å². The minimum absolute atomic E-state index is 0.0426. The second-order valence-corrected chi connectivity index (χ2v) is 5.65. The van der Waals surface area contributed by atoms with Crippen molar-refractivity contribution in [2.45, 2.75) is 20.4 Å². The van der Waals surface area contributed by atoms with Gasteiger partial charge in [0.15, 0.2) is 0 Å². The van der Waals surface area contributed by atoms with Crippen molar-refractivity contribution in [3.05, 3.63) is 79.6 Å². The summed E-state index contributed by atoms with van der Waals surface area (Å²) in [4.78, 5) is 30.7. The first kappa shape index (κ1) is 15.7. The largest absolute Gasteiger partial charge is 0.494 e. The Morgan fingerprint density at radius 1 is 1.21 bits per heavy atom. The highest BCUT2D eigenvalue weighted by atomic mass is 16.3. The van der Waals surface area contributed by atoms with E-state index < -0.39 is 11.2 Å². The number of rotatable bonds is 3. The van der Waals surface area contributed by atoms with E-state index in [2.05, 4.69) is 9.98 Å². The monoisotopic (exact) mass is 323 g/mol. The summed E-state index contributed by atoms with van der Waals surface area (Å²) in [6, 6.07) is 9.24. The van der Waals surface area contributed by atoms with E-state index in [0.29, 0.717) is 0 Å². The number of nitrogens with zero attached hydrogens (tertiary/aromatic N) is 2. The van der Waals surface area contributed by atoms with Gasteiger partial charge in [-0.2, -0.15) is 0 Å². The zero-order chi connectivity index (χ0) is 17.3. The molecule has 0 radical (unpaired) electrons. The Bertz CT molecular complexity index is 992. The van der Waals surface area contributed by atoms with Gasteiger partial charge < -0.3 is 5.11 Å². The summed E-state index contributed by atoms with van der Waals surface area (Å²) in [6.07, 6.45) is 3.37. The van der Waals surface area contributed by atoms with Crippen molar-refractivity contribution in [3.8, 4) is 5.88 Å². The van der Waals surface area contributed by atoms with Gasteiger partial charge in [-0.15, -0.1) is 0 Å². The summed E-state index contributed by atoms with van der Waals surface area (Å²) >= 11 is 0. The number of aromatic hydroxyl groups is 1. The summed E-state index contributed by atoms with van der Waals surface area (Å²) in [5, 5.41) is 10.5. The first-order valence-electron chi connectivity index (χ1n) is 7.51. The minimum atomic E-state index is -0.646. The Kier molecular flexibility index (Phi) is 4.04. The van der Waals surface area contributed by atoms with E-state index in [0.717, 1.165) is 27.1 Å². The van der Waals surface area contributed by atoms with Gasteiger partial charge in [0.1, 0.15) is 5.56 Å². The molecule has 1 aliphatic rings. The van der Waals surface area contributed by atoms with E-state index in [9.17, 15) is 14.7 Å². The Balaban J connectivity index is 2.11. The first-order valence-corrected chi connectivity index (χ1v) is 7.51. The summed E-state index contributed by atoms with van der Waals surface area (Å²) in [5.41, 5.74) is 1.93. The van der Waals surface area contributed by atoms with E-state index in [1.807, 2.05) is 50.3 Å². The fourth-order valence-electron chi connectivity index (χ4n) is 2.61. The average Bonchev–Trinajstić information content (AvgIpc) is 2.86. The standard InChI is InChI=1S/C18H17N3O3/c1-11-8-14(12(2)19-11)9-15-16(22)20-18(24)21(17(15)23)10-13-6-4-3-5-7-13/h3-9,23H,10H2,1-2H3,(H,20,22,24)/b14-9+. The van der Waals surface area contributed by atoms with Gasteiger partial charge >= 0.3 is 5.69 Å². The molecule has 3 rings (SSSR count). The molecule has 0 aliphatic carbocycles. The number of aliphatic imine (C=N–C) groups is 1. The lowest BCUT2D eigenvalue weighted by atomic mass is 10.1. The van der Waals surface area contributed by atoms with Crippen LogP contribution in [0.15, 0.2) is 62.3 Å². The van der Waals surface area contributed by atoms with Crippen molar-refractivity contribution in [2.24, 2.45) is 4.99 Å². The van der Waals surface area contributed by atoms with E-state index in [1.165, 1.54) is 0 Å². The Morgan fingerprint density at radius 2 is 1.92 bits per heavy atom. The molecular formula is C18H17N3O3. The smallest absolute Gasteiger partial charge is 0.331 e. The molecule has 0 unspecified atom stereocenters. The number of hydrogen-bond acceptors (Lipinski definition) is 4. The van der Waals surface area contributed by atoms with Gasteiger partial charge in [-0.25, -0.2) is 4.79 Å². The van der Waals surface area contributed by atoms with Crippen LogP contribution in [-0.4, -0.2) is 20.4 Å². The molecule has 2 heterocycles. The molecule has 2 N–H and O–H groups in total. The maximum absolute atomic E-state index is 12.1. The highest BCUT2D eigenvalue weighted by molar-refractivity contribution is 6.07. The van der Waals surface area contributed by atoms with Crippen LogP contribution >= 0.6 is 0 Å². The van der Waals surface area contributed by atoms with Gasteiger partial charge in [0.25, 0.3) is 5.56 Å². The Hall–Kier alpha value is -3.15. The molecule has 6 heteroatoms. The fraction of sp³-hybridized carbons (Fsp3) is 0.167. The van der Waals surface area contributed by atoms with Crippen molar-refractivity contribution < 1.29 is 5.11 Å². The zero-order valence-electron chi connectivity index (χ0n) is 13.4. The van der Waals surface area contributed by atoms with Crippen molar-refractivity contribution in [1.82, 2.24) is 9.55 Å². The Morgan fingerprint density at radius 3 is 2.54 bits per heavy atom. The minimum Gasteiger partial charge on any atom is -0.494 e. The number of allylic oxidation sites excluding steroid dienone is 3. The number of hydrogen-bond donors (Lipinski definition) is 2. The van der Waals surface area contributed by atoms with Gasteiger partial charge in [-0.3, -0.25) is 19.3 Å². The Labute approximate surface area is 138 Å². The van der Waals surface area contributed by atoms with Crippen LogP contribution < -0.4 is 11.2 Å². The number of H-pyrrole nitrogens is 1. The van der Waals surface area contributed by atoms with Crippen LogP contribution in [0, 0.1) is 0 Å². The van der Waals surface area contributed by atoms with Crippen LogP contribution in [0.2, 0.25) is 0 Å². The highest BCUT2D eigenvalue weighted by Crippen LogP contribution is 2.21. The maximum Gasteiger partial charge on any atom is 0.331 e. The molecule has 1 aliphatic heterocycles. The quantitative estimate of drug-likeness (QED) is 0.906. The zero-order valence-corrected chi connectivity index (χ0v) is 13.4. The summed E-state index contributed by atoms with van der Waals surface area (Å²) < 4.78 is 1.14. The third kappa shape index (κ3) is 2.99. The molecule has 0 amide bonds. The molecule has 0 atom stereocenters. The topological polar surface area (TPSA) is 87.5 Å². The van der Waals surface area contributed by atoms with Gasteiger partial charge in [0.2, 0.25) is 5.88 Å². The normalized spacial score (nSPS) is 15.5. The molecule has 0 fully saturated rings. The highest BCUT2D eigenvalue weighted by Gasteiger charge is 2.15. The van der Waals surface area contributed by atoms with Crippen LogP contribution in [0.4, 0.5) is 0 Å². The molecule has 0 spiro atoms. The second kappa shape index (κ2) is 6.16. The van der Waals surface area contributed by atoms with Crippen LogP contribution in [0.25, 0.3) is 6.08 Å². The SMILES string of the molecule is CC1=C/C(=C\c2c(O)n(Cc3ccccc3)c(=O)[nH]c2=O)C(C)=N1. The van der Waals surface area contributed by atoms with Crippen molar-refractivity contribution in [3.63, 3.8) is 0 Å². The molecule has 0 saturated heterocycles. The molecular weight excluding hydrogens is 306 g/mol. The van der Waals surface area contributed by atoms with Gasteiger partial charge in [0, 0.05) is 11.4 Å². The molecule has 0 bridgehead atoms. The third-order valence-electron chi connectivity index (χ3n) is 3.82. The molecule has 1 aromatic carbocycles. The van der Waals surface area contributed by atoms with Crippen LogP contribution in [0.1, 0.15) is 25.0 Å². The fourth-order valence-corrected chi connectivity index (χ4v) is 2.61. The van der Waals surface area contributed by atoms with E-state index >= 15 is 0 Å². The van der Waals surface area contributed by atoms with Crippen LogP contribution in [0.5, 0.6) is 5.88 Å². The predicted molar refractivity (Wildman–Crippen MR) is 93.4 cm³/mol. The molecule has 122 valence electrons. The molecule has 1 aromatic heterocycles. The molecule has 0 saturated carbocycles. The van der Waals surface area contributed by atoms with Gasteiger partial charge in [-0.1, -0.05) is 30.3 Å². The lowest BCUT2D eigenvalue weighted by molar-refractivity contribution is 0.408. The molecule has 24 heavy (non-hydrogen) atoms. The van der Waals surface area contributed by atoms with Gasteiger partial charge in [-0.05, 0) is 37.1 Å². The van der Waals surface area contributed by atoms with Crippen LogP contribution in [0.3, 0.4) is 0 Å². The van der Waals surface area contributed by atoms with E-state index in [-0.39, 0.29) is 18.0 Å². The second-order valence-electron chi connectivity index (χ2n) is 5.65. The summed E-state index contributed by atoms with van der Waals surface area (Å²) in [5.74, 6) is -0.356. The lowest BCUT2D eigenvalue weighted by Gasteiger charge is -2.10. The number of aromatic nitrogens is 2. The third-order valence-corrected chi connectivity index (χ3v) is 3.82. The van der Waals surface area contributed by atoms with Crippen molar-refractivity contribution in [1.29, 1.82) is 0 Å². The summed E-state index contributed by atoms with van der Waals surface area (Å²) in [6.45, 7) is 3.84. The molecule has 6 nitrogen and oxygen atoms in total. The predicted octanol–water partition coefficient (Wildman–Crippen LogP) is 2.05. The number of aromatic amines is 1. The average molecular weight is 323 g/mol. The summed E-state index contributed by atoms with van der Waals surface area (Å²) in [7, 11) is 0. The number of nitrogens with one attached hydrogen (secondary N) is 1. The first-order chi connectivity index (χ1) is 11.5. The van der Waals surface area contributed by atoms with Crippen LogP contribution in [-0.2, 0) is 6.54 Å². The lowest BCUT2D eigenvalue weighted by Crippen LogP contribution is -2.31.